The molecule has 5 heteroatoms. The standard InChI is InChI=1S/C11H10BrFN2S/c12-8-2-1-7(5-9(8)13)10(14)6-11-15-3-4-16-11/h1-5,10H,6,14H2. The Morgan fingerprint density at radius 2 is 2.31 bits per heavy atom. The van der Waals surface area contributed by atoms with Crippen LogP contribution in [0.1, 0.15) is 16.6 Å². The van der Waals surface area contributed by atoms with Crippen molar-refractivity contribution in [3.8, 4) is 0 Å². The Morgan fingerprint density at radius 1 is 1.50 bits per heavy atom. The molecule has 1 unspecified atom stereocenters. The molecule has 0 aliphatic carbocycles. The zero-order chi connectivity index (χ0) is 11.5. The van der Waals surface area contributed by atoms with Crippen molar-refractivity contribution in [3.05, 3.63) is 50.6 Å². The van der Waals surface area contributed by atoms with Crippen molar-refractivity contribution in [1.29, 1.82) is 0 Å². The first-order valence-electron chi connectivity index (χ1n) is 4.75. The predicted octanol–water partition coefficient (Wildman–Crippen LogP) is 3.29. The van der Waals surface area contributed by atoms with E-state index >= 15 is 0 Å². The lowest BCUT2D eigenvalue weighted by Gasteiger charge is -2.10. The van der Waals surface area contributed by atoms with Gasteiger partial charge in [0.05, 0.1) is 9.48 Å². The van der Waals surface area contributed by atoms with Crippen LogP contribution in [-0.4, -0.2) is 4.98 Å². The highest BCUT2D eigenvalue weighted by Gasteiger charge is 2.10. The number of rotatable bonds is 3. The van der Waals surface area contributed by atoms with Crippen LogP contribution in [0.5, 0.6) is 0 Å². The number of aromatic nitrogens is 1. The van der Waals surface area contributed by atoms with E-state index in [-0.39, 0.29) is 11.9 Å². The van der Waals surface area contributed by atoms with E-state index in [2.05, 4.69) is 20.9 Å². The monoisotopic (exact) mass is 300 g/mol. The van der Waals surface area contributed by atoms with Gasteiger partial charge in [0.15, 0.2) is 0 Å². The van der Waals surface area contributed by atoms with Crippen molar-refractivity contribution in [2.75, 3.05) is 0 Å². The molecule has 1 aromatic heterocycles. The van der Waals surface area contributed by atoms with Gasteiger partial charge in [-0.05, 0) is 33.6 Å². The van der Waals surface area contributed by atoms with Gasteiger partial charge < -0.3 is 5.73 Å². The molecular formula is C11H10BrFN2S. The fraction of sp³-hybridized carbons (Fsp3) is 0.182. The number of halogens is 2. The molecule has 2 rings (SSSR count). The van der Waals surface area contributed by atoms with Crippen LogP contribution in [-0.2, 0) is 6.42 Å². The maximum Gasteiger partial charge on any atom is 0.137 e. The number of nitrogens with two attached hydrogens (primary N) is 1. The smallest absolute Gasteiger partial charge is 0.137 e. The van der Waals surface area contributed by atoms with Crippen LogP contribution in [0.15, 0.2) is 34.2 Å². The fourth-order valence-corrected chi connectivity index (χ4v) is 2.33. The second-order valence-electron chi connectivity index (χ2n) is 3.41. The highest BCUT2D eigenvalue weighted by atomic mass is 79.9. The maximum absolute atomic E-state index is 13.3. The lowest BCUT2D eigenvalue weighted by molar-refractivity contribution is 0.612. The molecule has 0 saturated carbocycles. The summed E-state index contributed by atoms with van der Waals surface area (Å²) >= 11 is 4.67. The van der Waals surface area contributed by atoms with Crippen LogP contribution in [0, 0.1) is 5.82 Å². The molecule has 0 aliphatic heterocycles. The topological polar surface area (TPSA) is 38.9 Å². The zero-order valence-corrected chi connectivity index (χ0v) is 10.8. The summed E-state index contributed by atoms with van der Waals surface area (Å²) in [6.07, 6.45) is 2.38. The van der Waals surface area contributed by atoms with Crippen molar-refractivity contribution in [3.63, 3.8) is 0 Å². The average molecular weight is 301 g/mol. The third kappa shape index (κ3) is 2.66. The van der Waals surface area contributed by atoms with Crippen LogP contribution < -0.4 is 5.73 Å². The van der Waals surface area contributed by atoms with Gasteiger partial charge in [-0.1, -0.05) is 6.07 Å². The number of hydrogen-bond donors (Lipinski definition) is 1. The van der Waals surface area contributed by atoms with Gasteiger partial charge in [0.25, 0.3) is 0 Å². The normalized spacial score (nSPS) is 12.7. The van der Waals surface area contributed by atoms with E-state index < -0.39 is 0 Å². The first-order valence-corrected chi connectivity index (χ1v) is 6.43. The molecule has 0 bridgehead atoms. The Balaban J connectivity index is 2.14. The molecule has 1 heterocycles. The quantitative estimate of drug-likeness (QED) is 0.945. The third-order valence-corrected chi connectivity index (χ3v) is 3.69. The molecule has 2 nitrogen and oxygen atoms in total. The van der Waals surface area contributed by atoms with E-state index in [0.29, 0.717) is 10.9 Å². The summed E-state index contributed by atoms with van der Waals surface area (Å²) in [7, 11) is 0. The van der Waals surface area contributed by atoms with Gasteiger partial charge in [0, 0.05) is 24.0 Å². The van der Waals surface area contributed by atoms with Gasteiger partial charge in [0.2, 0.25) is 0 Å². The molecule has 1 atom stereocenters. The molecule has 84 valence electrons. The molecule has 0 saturated heterocycles. The molecule has 1 aromatic carbocycles. The second kappa shape index (κ2) is 5.03. The molecular weight excluding hydrogens is 291 g/mol. The first-order chi connectivity index (χ1) is 7.66. The molecule has 0 fully saturated rings. The van der Waals surface area contributed by atoms with E-state index in [1.165, 1.54) is 6.07 Å². The first kappa shape index (κ1) is 11.7. The Kier molecular flexibility index (Phi) is 3.68. The Hall–Kier alpha value is -0.780. The van der Waals surface area contributed by atoms with Gasteiger partial charge in [0.1, 0.15) is 5.82 Å². The highest BCUT2D eigenvalue weighted by Crippen LogP contribution is 2.22. The Morgan fingerprint density at radius 3 is 2.94 bits per heavy atom. The van der Waals surface area contributed by atoms with Crippen LogP contribution >= 0.6 is 27.3 Å². The van der Waals surface area contributed by atoms with Crippen LogP contribution in [0.4, 0.5) is 4.39 Å². The summed E-state index contributed by atoms with van der Waals surface area (Å²) in [5.41, 5.74) is 6.78. The van der Waals surface area contributed by atoms with Crippen molar-refractivity contribution in [2.45, 2.75) is 12.5 Å². The van der Waals surface area contributed by atoms with Crippen molar-refractivity contribution < 1.29 is 4.39 Å². The van der Waals surface area contributed by atoms with Crippen molar-refractivity contribution >= 4 is 27.3 Å². The van der Waals surface area contributed by atoms with Crippen molar-refractivity contribution in [2.24, 2.45) is 5.73 Å². The number of hydrogen-bond acceptors (Lipinski definition) is 3. The summed E-state index contributed by atoms with van der Waals surface area (Å²) in [4.78, 5) is 4.16. The summed E-state index contributed by atoms with van der Waals surface area (Å²) < 4.78 is 13.8. The van der Waals surface area contributed by atoms with Gasteiger partial charge >= 0.3 is 0 Å². The zero-order valence-electron chi connectivity index (χ0n) is 8.36. The minimum Gasteiger partial charge on any atom is -0.324 e. The molecule has 0 amide bonds. The largest absolute Gasteiger partial charge is 0.324 e. The molecule has 0 aliphatic rings. The summed E-state index contributed by atoms with van der Waals surface area (Å²) in [5.74, 6) is -0.285. The van der Waals surface area contributed by atoms with Crippen LogP contribution in [0.3, 0.4) is 0 Å². The molecule has 0 radical (unpaired) electrons. The minimum atomic E-state index is -0.285. The predicted molar refractivity (Wildman–Crippen MR) is 66.8 cm³/mol. The SMILES string of the molecule is NC(Cc1nccs1)c1ccc(Br)c(F)c1. The second-order valence-corrected chi connectivity index (χ2v) is 5.24. The highest BCUT2D eigenvalue weighted by molar-refractivity contribution is 9.10. The molecule has 2 aromatic rings. The van der Waals surface area contributed by atoms with Gasteiger partial charge in [-0.25, -0.2) is 9.37 Å². The van der Waals surface area contributed by atoms with Gasteiger partial charge in [-0.15, -0.1) is 11.3 Å². The van der Waals surface area contributed by atoms with Gasteiger partial charge in [-0.3, -0.25) is 0 Å². The molecule has 16 heavy (non-hydrogen) atoms. The van der Waals surface area contributed by atoms with E-state index in [9.17, 15) is 4.39 Å². The molecule has 0 spiro atoms. The lowest BCUT2D eigenvalue weighted by atomic mass is 10.1. The van der Waals surface area contributed by atoms with Gasteiger partial charge in [-0.2, -0.15) is 0 Å². The van der Waals surface area contributed by atoms with E-state index in [0.717, 1.165) is 10.6 Å². The van der Waals surface area contributed by atoms with E-state index in [1.807, 2.05) is 11.4 Å². The van der Waals surface area contributed by atoms with E-state index in [1.54, 1.807) is 23.6 Å². The fourth-order valence-electron chi connectivity index (χ4n) is 1.40. The number of benzene rings is 1. The number of nitrogens with zero attached hydrogens (tertiary/aromatic N) is 1. The van der Waals surface area contributed by atoms with Crippen LogP contribution in [0.25, 0.3) is 0 Å². The lowest BCUT2D eigenvalue weighted by Crippen LogP contribution is -2.13. The molecule has 2 N–H and O–H groups in total. The van der Waals surface area contributed by atoms with E-state index in [4.69, 9.17) is 5.73 Å². The Labute approximate surface area is 105 Å². The summed E-state index contributed by atoms with van der Waals surface area (Å²) in [6.45, 7) is 0. The van der Waals surface area contributed by atoms with Crippen LogP contribution in [0.2, 0.25) is 0 Å². The minimum absolute atomic E-state index is 0.214. The summed E-state index contributed by atoms with van der Waals surface area (Å²) in [6, 6.07) is 4.74. The average Bonchev–Trinajstić information content (AvgIpc) is 2.74. The van der Waals surface area contributed by atoms with Crippen molar-refractivity contribution in [1.82, 2.24) is 4.98 Å². The number of thiazole rings is 1. The third-order valence-electron chi connectivity index (χ3n) is 2.25. The maximum atomic E-state index is 13.3. The summed E-state index contributed by atoms with van der Waals surface area (Å²) in [5, 5.41) is 2.88. The Bertz CT molecular complexity index is 473.